The molecule has 1 unspecified atom stereocenters. The Hall–Kier alpha value is -2.83. The van der Waals surface area contributed by atoms with Gasteiger partial charge >= 0.3 is 12.1 Å². The van der Waals surface area contributed by atoms with E-state index in [1.54, 1.807) is 58.0 Å². The first kappa shape index (κ1) is 22.5. The first-order chi connectivity index (χ1) is 13.7. The second-order valence-corrected chi connectivity index (χ2v) is 8.01. The predicted molar refractivity (Wildman–Crippen MR) is 111 cm³/mol. The van der Waals surface area contributed by atoms with Crippen molar-refractivity contribution in [1.82, 2.24) is 5.32 Å². The first-order valence-corrected chi connectivity index (χ1v) is 9.93. The minimum absolute atomic E-state index is 0.106. The summed E-state index contributed by atoms with van der Waals surface area (Å²) in [6, 6.07) is 6.42. The molecule has 7 heteroatoms. The molecule has 1 saturated carbocycles. The number of amides is 2. The predicted octanol–water partition coefficient (Wildman–Crippen LogP) is 3.89. The molecule has 0 spiro atoms. The number of rotatable bonds is 7. The molecule has 158 valence electrons. The zero-order chi connectivity index (χ0) is 21.4. The highest BCUT2D eigenvalue weighted by Gasteiger charge is 2.35. The van der Waals surface area contributed by atoms with Crippen LogP contribution in [-0.4, -0.2) is 36.2 Å². The lowest BCUT2D eigenvalue weighted by molar-refractivity contribution is -0.137. The second-order valence-electron chi connectivity index (χ2n) is 8.01. The molecule has 29 heavy (non-hydrogen) atoms. The quantitative estimate of drug-likeness (QED) is 0.533. The number of hydrogen-bond acceptors (Lipinski definition) is 5. The number of hydrogen-bond donors (Lipinski definition) is 2. The van der Waals surface area contributed by atoms with Crippen molar-refractivity contribution in [3.05, 3.63) is 35.9 Å². The normalized spacial score (nSPS) is 15.3. The number of nitrogens with one attached hydrogen (secondary N) is 2. The van der Waals surface area contributed by atoms with Crippen molar-refractivity contribution in [2.75, 3.05) is 11.9 Å². The van der Waals surface area contributed by atoms with Crippen molar-refractivity contribution in [2.24, 2.45) is 5.92 Å². The van der Waals surface area contributed by atoms with Crippen LogP contribution in [0.1, 0.15) is 52.5 Å². The third-order valence-corrected chi connectivity index (χ3v) is 4.45. The van der Waals surface area contributed by atoms with Crippen molar-refractivity contribution in [3.8, 4) is 0 Å². The molecule has 7 nitrogen and oxygen atoms in total. The number of ether oxygens (including phenoxy) is 2. The van der Waals surface area contributed by atoms with Crippen molar-refractivity contribution >= 4 is 29.7 Å². The zero-order valence-electron chi connectivity index (χ0n) is 17.5. The van der Waals surface area contributed by atoms with Gasteiger partial charge in [-0.25, -0.2) is 9.59 Å². The molecular formula is C22H30N2O5. The molecule has 0 bridgehead atoms. The van der Waals surface area contributed by atoms with E-state index in [4.69, 9.17) is 9.47 Å². The van der Waals surface area contributed by atoms with Gasteiger partial charge in [0, 0.05) is 11.8 Å². The van der Waals surface area contributed by atoms with Gasteiger partial charge in [-0.3, -0.25) is 4.79 Å². The summed E-state index contributed by atoms with van der Waals surface area (Å²) in [7, 11) is 0. The topological polar surface area (TPSA) is 93.7 Å². The molecule has 0 saturated heterocycles. The Morgan fingerprint density at radius 3 is 2.34 bits per heavy atom. The first-order valence-electron chi connectivity index (χ1n) is 9.93. The third-order valence-electron chi connectivity index (χ3n) is 4.45. The van der Waals surface area contributed by atoms with Crippen LogP contribution in [0.25, 0.3) is 6.08 Å². The fourth-order valence-corrected chi connectivity index (χ4v) is 2.86. The molecule has 1 aromatic carbocycles. The van der Waals surface area contributed by atoms with Crippen molar-refractivity contribution in [3.63, 3.8) is 0 Å². The summed E-state index contributed by atoms with van der Waals surface area (Å²) in [4.78, 5) is 36.3. The molecule has 1 atom stereocenters. The number of benzene rings is 1. The largest absolute Gasteiger partial charge is 0.463 e. The Morgan fingerprint density at radius 2 is 1.83 bits per heavy atom. The van der Waals surface area contributed by atoms with E-state index in [0.717, 1.165) is 24.8 Å². The number of anilines is 1. The molecule has 1 aromatic rings. The van der Waals surface area contributed by atoms with E-state index in [1.807, 2.05) is 0 Å². The van der Waals surface area contributed by atoms with Gasteiger partial charge in [-0.2, -0.15) is 0 Å². The van der Waals surface area contributed by atoms with E-state index in [0.29, 0.717) is 12.3 Å². The monoisotopic (exact) mass is 402 g/mol. The fourth-order valence-electron chi connectivity index (χ4n) is 2.86. The van der Waals surface area contributed by atoms with Crippen LogP contribution in [0.4, 0.5) is 10.5 Å². The Labute approximate surface area is 171 Å². The Bertz CT molecular complexity index is 745. The SMILES string of the molecule is CCOC(=O)C=Cc1ccc(NC(=O)C(NC(=O)OC(C)(C)C)C2CCC2)cc1. The van der Waals surface area contributed by atoms with Gasteiger partial charge in [0.25, 0.3) is 0 Å². The van der Waals surface area contributed by atoms with E-state index in [9.17, 15) is 14.4 Å². The molecule has 0 heterocycles. The molecule has 0 aromatic heterocycles. The highest BCUT2D eigenvalue weighted by molar-refractivity contribution is 5.97. The van der Waals surface area contributed by atoms with Crippen LogP contribution in [0, 0.1) is 5.92 Å². The maximum atomic E-state index is 12.8. The van der Waals surface area contributed by atoms with Crippen LogP contribution in [-0.2, 0) is 19.1 Å². The maximum Gasteiger partial charge on any atom is 0.408 e. The van der Waals surface area contributed by atoms with Crippen LogP contribution >= 0.6 is 0 Å². The Balaban J connectivity index is 1.98. The minimum Gasteiger partial charge on any atom is -0.463 e. The van der Waals surface area contributed by atoms with Gasteiger partial charge in [0.15, 0.2) is 0 Å². The van der Waals surface area contributed by atoms with Gasteiger partial charge in [-0.1, -0.05) is 18.6 Å². The highest BCUT2D eigenvalue weighted by atomic mass is 16.6. The van der Waals surface area contributed by atoms with Gasteiger partial charge in [-0.05, 0) is 70.2 Å². The van der Waals surface area contributed by atoms with Gasteiger partial charge < -0.3 is 20.1 Å². The molecule has 2 rings (SSSR count). The van der Waals surface area contributed by atoms with Crippen LogP contribution in [0.5, 0.6) is 0 Å². The molecular weight excluding hydrogens is 372 g/mol. The molecule has 0 aliphatic heterocycles. The lowest BCUT2D eigenvalue weighted by Crippen LogP contribution is -2.51. The molecule has 1 aliphatic carbocycles. The van der Waals surface area contributed by atoms with Crippen LogP contribution in [0.2, 0.25) is 0 Å². The second kappa shape index (κ2) is 10.1. The molecule has 2 N–H and O–H groups in total. The summed E-state index contributed by atoms with van der Waals surface area (Å²) < 4.78 is 10.1. The third kappa shape index (κ3) is 7.60. The standard InChI is InChI=1S/C22H30N2O5/c1-5-28-18(25)14-11-15-9-12-17(13-10-15)23-20(26)19(16-7-6-8-16)24-21(27)29-22(2,3)4/h9-14,16,19H,5-8H2,1-4H3,(H,23,26)(H,24,27). The van der Waals surface area contributed by atoms with Gasteiger partial charge in [-0.15, -0.1) is 0 Å². The average Bonchev–Trinajstić information content (AvgIpc) is 2.57. The average molecular weight is 402 g/mol. The number of esters is 1. The fraction of sp³-hybridized carbons (Fsp3) is 0.500. The Kier molecular flexibility index (Phi) is 7.82. The summed E-state index contributed by atoms with van der Waals surface area (Å²) >= 11 is 0. The lowest BCUT2D eigenvalue weighted by atomic mass is 9.79. The van der Waals surface area contributed by atoms with E-state index < -0.39 is 23.7 Å². The lowest BCUT2D eigenvalue weighted by Gasteiger charge is -2.33. The number of carbonyl (C=O) groups is 3. The van der Waals surface area contributed by atoms with Crippen LogP contribution in [0.15, 0.2) is 30.3 Å². The molecule has 1 fully saturated rings. The smallest absolute Gasteiger partial charge is 0.408 e. The summed E-state index contributed by atoms with van der Waals surface area (Å²) in [5, 5.41) is 5.56. The maximum absolute atomic E-state index is 12.8. The minimum atomic E-state index is -0.637. The molecule has 0 radical (unpaired) electrons. The Morgan fingerprint density at radius 1 is 1.17 bits per heavy atom. The summed E-state index contributed by atoms with van der Waals surface area (Å²) in [5.74, 6) is -0.564. The van der Waals surface area contributed by atoms with Crippen LogP contribution < -0.4 is 10.6 Å². The van der Waals surface area contributed by atoms with Crippen molar-refractivity contribution in [2.45, 2.75) is 58.6 Å². The van der Waals surface area contributed by atoms with Gasteiger partial charge in [0.2, 0.25) is 5.91 Å². The zero-order valence-corrected chi connectivity index (χ0v) is 17.5. The summed E-state index contributed by atoms with van der Waals surface area (Å²) in [6.07, 6.45) is 5.24. The number of carbonyl (C=O) groups excluding carboxylic acids is 3. The summed E-state index contributed by atoms with van der Waals surface area (Å²) in [5.41, 5.74) is 0.787. The van der Waals surface area contributed by atoms with Crippen LogP contribution in [0.3, 0.4) is 0 Å². The number of alkyl carbamates (subject to hydrolysis) is 1. The van der Waals surface area contributed by atoms with E-state index in [1.165, 1.54) is 6.08 Å². The van der Waals surface area contributed by atoms with Gasteiger partial charge in [0.1, 0.15) is 11.6 Å². The van der Waals surface area contributed by atoms with E-state index in [2.05, 4.69) is 10.6 Å². The van der Waals surface area contributed by atoms with Crippen molar-refractivity contribution in [1.29, 1.82) is 0 Å². The van der Waals surface area contributed by atoms with Gasteiger partial charge in [0.05, 0.1) is 6.61 Å². The highest BCUT2D eigenvalue weighted by Crippen LogP contribution is 2.30. The van der Waals surface area contributed by atoms with E-state index >= 15 is 0 Å². The molecule has 1 aliphatic rings. The van der Waals surface area contributed by atoms with Crippen molar-refractivity contribution < 1.29 is 23.9 Å². The molecule has 2 amide bonds. The summed E-state index contributed by atoms with van der Waals surface area (Å²) in [6.45, 7) is 7.42. The van der Waals surface area contributed by atoms with E-state index in [-0.39, 0.29) is 11.8 Å².